The lowest BCUT2D eigenvalue weighted by Crippen LogP contribution is -2.15. The quantitative estimate of drug-likeness (QED) is 0.632. The molecule has 2 heterocycles. The van der Waals surface area contributed by atoms with Crippen molar-refractivity contribution in [2.24, 2.45) is 0 Å². The Morgan fingerprint density at radius 3 is 3.23 bits per heavy atom. The molecule has 0 fully saturated rings. The molecule has 2 aromatic heterocycles. The third-order valence-electron chi connectivity index (χ3n) is 1.87. The summed E-state index contributed by atoms with van der Waals surface area (Å²) < 4.78 is 1.62. The van der Waals surface area contributed by atoms with Crippen molar-refractivity contribution in [3.8, 4) is 0 Å². The number of hydrogen-bond acceptors (Lipinski definition) is 4. The topological polar surface area (TPSA) is 62.5 Å². The normalized spacial score (nSPS) is 13.4. The molecule has 13 heavy (non-hydrogen) atoms. The number of nitrogens with one attached hydrogen (secondary N) is 1. The summed E-state index contributed by atoms with van der Waals surface area (Å²) in [6.45, 7) is 0. The zero-order valence-electron chi connectivity index (χ0n) is 7.18. The van der Waals surface area contributed by atoms with Gasteiger partial charge in [-0.2, -0.15) is 5.10 Å². The van der Waals surface area contributed by atoms with Crippen LogP contribution in [0.3, 0.4) is 0 Å². The van der Waals surface area contributed by atoms with Crippen LogP contribution >= 0.6 is 0 Å². The smallest absolute Gasteiger partial charge is 0.162 e. The molecular formula is C8H10N4O. The second-order valence-electron chi connectivity index (χ2n) is 2.68. The van der Waals surface area contributed by atoms with E-state index in [0.717, 1.165) is 0 Å². The first-order valence-electron chi connectivity index (χ1n) is 3.96. The van der Waals surface area contributed by atoms with E-state index in [9.17, 15) is 5.11 Å². The number of hydrogen-bond donors (Lipinski definition) is 2. The van der Waals surface area contributed by atoms with Crippen molar-refractivity contribution in [1.29, 1.82) is 0 Å². The Bertz CT molecular complexity index is 411. The summed E-state index contributed by atoms with van der Waals surface area (Å²) in [6, 6.07) is 1.79. The van der Waals surface area contributed by atoms with Crippen molar-refractivity contribution in [3.05, 3.63) is 30.2 Å². The highest BCUT2D eigenvalue weighted by atomic mass is 16.3. The number of aromatic nitrogens is 3. The predicted octanol–water partition coefficient (Wildman–Crippen LogP) is -0.0604. The largest absolute Gasteiger partial charge is 0.374 e. The van der Waals surface area contributed by atoms with Crippen LogP contribution in [-0.4, -0.2) is 26.8 Å². The number of nitrogens with zero attached hydrogens (tertiary/aromatic N) is 3. The van der Waals surface area contributed by atoms with Gasteiger partial charge in [-0.3, -0.25) is 5.32 Å². The van der Waals surface area contributed by atoms with Crippen LogP contribution in [0.1, 0.15) is 11.8 Å². The zero-order chi connectivity index (χ0) is 9.26. The molecule has 0 aliphatic heterocycles. The Labute approximate surface area is 75.0 Å². The van der Waals surface area contributed by atoms with Gasteiger partial charge in [-0.1, -0.05) is 0 Å². The predicted molar refractivity (Wildman–Crippen MR) is 47.0 cm³/mol. The van der Waals surface area contributed by atoms with Gasteiger partial charge in [0, 0.05) is 12.4 Å². The third-order valence-corrected chi connectivity index (χ3v) is 1.87. The summed E-state index contributed by atoms with van der Waals surface area (Å²) in [6.07, 6.45) is 4.34. The van der Waals surface area contributed by atoms with Crippen molar-refractivity contribution in [3.63, 3.8) is 0 Å². The number of aliphatic hydroxyl groups is 1. The molecule has 2 rings (SSSR count). The van der Waals surface area contributed by atoms with Crippen LogP contribution in [-0.2, 0) is 0 Å². The van der Waals surface area contributed by atoms with Gasteiger partial charge in [0.15, 0.2) is 5.65 Å². The monoisotopic (exact) mass is 178 g/mol. The number of rotatable bonds is 2. The van der Waals surface area contributed by atoms with E-state index in [0.29, 0.717) is 11.2 Å². The van der Waals surface area contributed by atoms with Crippen LogP contribution < -0.4 is 5.32 Å². The highest BCUT2D eigenvalue weighted by molar-refractivity contribution is 5.46. The first-order valence-corrected chi connectivity index (χ1v) is 3.96. The maximum Gasteiger partial charge on any atom is 0.162 e. The standard InChI is InChI=1S/C8H10N4O/c1-9-8(13)6-5-11-12-4-2-3-10-7(6)12/h2-5,8-9,13H,1H3. The molecule has 0 amide bonds. The average Bonchev–Trinajstić information content (AvgIpc) is 2.60. The lowest BCUT2D eigenvalue weighted by Gasteiger charge is -2.05. The molecule has 0 aliphatic carbocycles. The first kappa shape index (κ1) is 8.15. The van der Waals surface area contributed by atoms with Crippen LogP contribution in [0.4, 0.5) is 0 Å². The molecule has 1 unspecified atom stereocenters. The van der Waals surface area contributed by atoms with Crippen LogP contribution in [0.2, 0.25) is 0 Å². The molecular weight excluding hydrogens is 168 g/mol. The Morgan fingerprint density at radius 2 is 2.46 bits per heavy atom. The molecule has 0 aromatic carbocycles. The van der Waals surface area contributed by atoms with Crippen LogP contribution in [0.25, 0.3) is 5.65 Å². The van der Waals surface area contributed by atoms with Gasteiger partial charge < -0.3 is 5.11 Å². The molecule has 5 heteroatoms. The fourth-order valence-corrected chi connectivity index (χ4v) is 1.19. The minimum absolute atomic E-state index is 0.671. The summed E-state index contributed by atoms with van der Waals surface area (Å²) in [5, 5.41) is 16.3. The Morgan fingerprint density at radius 1 is 1.62 bits per heavy atom. The van der Waals surface area contributed by atoms with Gasteiger partial charge in [0.25, 0.3) is 0 Å². The van der Waals surface area contributed by atoms with E-state index in [1.54, 1.807) is 36.2 Å². The summed E-state index contributed by atoms with van der Waals surface area (Å²) in [5.41, 5.74) is 1.35. The minimum Gasteiger partial charge on any atom is -0.374 e. The second kappa shape index (κ2) is 3.12. The van der Waals surface area contributed by atoms with E-state index >= 15 is 0 Å². The summed E-state index contributed by atoms with van der Waals surface area (Å²) >= 11 is 0. The highest BCUT2D eigenvalue weighted by Gasteiger charge is 2.11. The molecule has 0 spiro atoms. The molecule has 68 valence electrons. The van der Waals surface area contributed by atoms with E-state index < -0.39 is 6.23 Å². The van der Waals surface area contributed by atoms with E-state index in [1.807, 2.05) is 0 Å². The first-order chi connectivity index (χ1) is 6.33. The van der Waals surface area contributed by atoms with Gasteiger partial charge >= 0.3 is 0 Å². The molecule has 2 aromatic rings. The van der Waals surface area contributed by atoms with Gasteiger partial charge in [-0.15, -0.1) is 0 Å². The van der Waals surface area contributed by atoms with Crippen molar-refractivity contribution in [1.82, 2.24) is 19.9 Å². The van der Waals surface area contributed by atoms with Crippen LogP contribution in [0.5, 0.6) is 0 Å². The molecule has 0 saturated carbocycles. The maximum atomic E-state index is 9.51. The minimum atomic E-state index is -0.715. The van der Waals surface area contributed by atoms with E-state index in [4.69, 9.17) is 0 Å². The SMILES string of the molecule is CNC(O)c1cnn2cccnc12. The lowest BCUT2D eigenvalue weighted by atomic mass is 10.3. The molecule has 0 bridgehead atoms. The van der Waals surface area contributed by atoms with E-state index in [-0.39, 0.29) is 0 Å². The van der Waals surface area contributed by atoms with Gasteiger partial charge in [0.2, 0.25) is 0 Å². The van der Waals surface area contributed by atoms with Gasteiger partial charge in [0.1, 0.15) is 6.23 Å². The highest BCUT2D eigenvalue weighted by Crippen LogP contribution is 2.13. The summed E-state index contributed by atoms with van der Waals surface area (Å²) in [7, 11) is 1.68. The van der Waals surface area contributed by atoms with Gasteiger partial charge in [-0.05, 0) is 13.1 Å². The van der Waals surface area contributed by atoms with Crippen molar-refractivity contribution >= 4 is 5.65 Å². The van der Waals surface area contributed by atoms with Gasteiger partial charge in [-0.25, -0.2) is 9.50 Å². The fraction of sp³-hybridized carbons (Fsp3) is 0.250. The Balaban J connectivity index is 2.57. The molecule has 0 saturated heterocycles. The summed E-state index contributed by atoms with van der Waals surface area (Å²) in [4.78, 5) is 4.11. The third kappa shape index (κ3) is 1.28. The fourth-order valence-electron chi connectivity index (χ4n) is 1.19. The van der Waals surface area contributed by atoms with Crippen LogP contribution in [0.15, 0.2) is 24.7 Å². The maximum absolute atomic E-state index is 9.51. The molecule has 0 aliphatic rings. The molecule has 0 radical (unpaired) electrons. The lowest BCUT2D eigenvalue weighted by molar-refractivity contribution is 0.150. The Hall–Kier alpha value is -1.46. The zero-order valence-corrected chi connectivity index (χ0v) is 7.18. The molecule has 2 N–H and O–H groups in total. The second-order valence-corrected chi connectivity index (χ2v) is 2.68. The van der Waals surface area contributed by atoms with Crippen molar-refractivity contribution in [2.45, 2.75) is 6.23 Å². The van der Waals surface area contributed by atoms with Crippen LogP contribution in [0, 0.1) is 0 Å². The van der Waals surface area contributed by atoms with Gasteiger partial charge in [0.05, 0.1) is 11.8 Å². The van der Waals surface area contributed by atoms with Crippen molar-refractivity contribution in [2.75, 3.05) is 7.05 Å². The average molecular weight is 178 g/mol. The summed E-state index contributed by atoms with van der Waals surface area (Å²) in [5.74, 6) is 0. The van der Waals surface area contributed by atoms with Crippen molar-refractivity contribution < 1.29 is 5.11 Å². The van der Waals surface area contributed by atoms with E-state index in [1.165, 1.54) is 0 Å². The van der Waals surface area contributed by atoms with E-state index in [2.05, 4.69) is 15.4 Å². The molecule has 5 nitrogen and oxygen atoms in total. The Kier molecular flexibility index (Phi) is 1.96. The number of aliphatic hydroxyl groups excluding tert-OH is 1. The molecule has 1 atom stereocenters. The number of fused-ring (bicyclic) bond motifs is 1.